The Kier molecular flexibility index (Phi) is 2.56. The van der Waals surface area contributed by atoms with Gasteiger partial charge in [0.1, 0.15) is 0 Å². The van der Waals surface area contributed by atoms with E-state index in [1.54, 1.807) is 18.2 Å². The summed E-state index contributed by atoms with van der Waals surface area (Å²) < 4.78 is 23.5. The quantitative estimate of drug-likeness (QED) is 0.696. The second-order valence-corrected chi connectivity index (χ2v) is 5.91. The fraction of sp³-hybridized carbons (Fsp3) is 0.250. The highest BCUT2D eigenvalue weighted by Gasteiger charge is 2.23. The molecule has 1 aromatic carbocycles. The van der Waals surface area contributed by atoms with Crippen molar-refractivity contribution in [1.29, 1.82) is 5.26 Å². The maximum absolute atomic E-state index is 11.7. The molecular formula is C12H11NO2S. The number of fused-ring (bicyclic) bond motifs is 1. The van der Waals surface area contributed by atoms with Crippen LogP contribution in [-0.4, -0.2) is 14.2 Å². The number of benzene rings is 1. The van der Waals surface area contributed by atoms with E-state index in [1.165, 1.54) is 0 Å². The van der Waals surface area contributed by atoms with Gasteiger partial charge in [-0.1, -0.05) is 12.6 Å². The molecule has 0 spiro atoms. The molecule has 16 heavy (non-hydrogen) atoms. The second kappa shape index (κ2) is 3.76. The molecule has 3 nitrogen and oxygen atoms in total. The molecule has 1 aliphatic rings. The molecule has 82 valence electrons. The van der Waals surface area contributed by atoms with Crippen LogP contribution in [0.15, 0.2) is 29.7 Å². The Morgan fingerprint density at radius 1 is 1.44 bits per heavy atom. The van der Waals surface area contributed by atoms with Crippen LogP contribution >= 0.6 is 0 Å². The molecule has 4 heteroatoms. The predicted octanol–water partition coefficient (Wildman–Crippen LogP) is 1.94. The van der Waals surface area contributed by atoms with Crippen LogP contribution in [0.3, 0.4) is 0 Å². The van der Waals surface area contributed by atoms with Gasteiger partial charge in [0.25, 0.3) is 0 Å². The minimum absolute atomic E-state index is 0.221. The number of nitriles is 1. The van der Waals surface area contributed by atoms with Crippen molar-refractivity contribution in [3.63, 3.8) is 0 Å². The van der Waals surface area contributed by atoms with Gasteiger partial charge >= 0.3 is 0 Å². The molecule has 0 N–H and O–H groups in total. The zero-order valence-corrected chi connectivity index (χ0v) is 9.55. The lowest BCUT2D eigenvalue weighted by molar-refractivity contribution is 0.586. The summed E-state index contributed by atoms with van der Waals surface area (Å²) in [7, 11) is -3.10. The van der Waals surface area contributed by atoms with Crippen LogP contribution < -0.4 is 0 Å². The summed E-state index contributed by atoms with van der Waals surface area (Å²) in [6.07, 6.45) is 1.40. The van der Waals surface area contributed by atoms with Crippen molar-refractivity contribution in [2.45, 2.75) is 17.7 Å². The van der Waals surface area contributed by atoms with Crippen molar-refractivity contribution in [3.8, 4) is 6.07 Å². The van der Waals surface area contributed by atoms with Crippen molar-refractivity contribution < 1.29 is 8.42 Å². The summed E-state index contributed by atoms with van der Waals surface area (Å²) in [4.78, 5) is 0.410. The van der Waals surface area contributed by atoms with Gasteiger partial charge in [-0.05, 0) is 36.1 Å². The highest BCUT2D eigenvalue weighted by Crippen LogP contribution is 2.27. The number of hydrogen-bond donors (Lipinski definition) is 0. The number of hydrogen-bond acceptors (Lipinski definition) is 3. The van der Waals surface area contributed by atoms with Crippen molar-refractivity contribution in [3.05, 3.63) is 35.9 Å². The van der Waals surface area contributed by atoms with Crippen LogP contribution in [0.2, 0.25) is 0 Å². The monoisotopic (exact) mass is 233 g/mol. The second-order valence-electron chi connectivity index (χ2n) is 3.84. The van der Waals surface area contributed by atoms with E-state index in [9.17, 15) is 8.42 Å². The van der Waals surface area contributed by atoms with Gasteiger partial charge in [-0.15, -0.1) is 0 Å². The zero-order chi connectivity index (χ0) is 11.8. The molecule has 0 saturated carbocycles. The molecular weight excluding hydrogens is 222 g/mol. The minimum atomic E-state index is -3.10. The van der Waals surface area contributed by atoms with Crippen LogP contribution in [0.4, 0.5) is 0 Å². The molecule has 0 aromatic heterocycles. The lowest BCUT2D eigenvalue weighted by atomic mass is 10.0. The minimum Gasteiger partial charge on any atom is -0.224 e. The maximum Gasteiger partial charge on any atom is 0.178 e. The summed E-state index contributed by atoms with van der Waals surface area (Å²) >= 11 is 0. The van der Waals surface area contributed by atoms with E-state index >= 15 is 0 Å². The van der Waals surface area contributed by atoms with E-state index in [0.29, 0.717) is 22.5 Å². The van der Waals surface area contributed by atoms with Crippen molar-refractivity contribution in [1.82, 2.24) is 0 Å². The molecule has 0 saturated heterocycles. The first-order valence-corrected chi connectivity index (χ1v) is 6.65. The average Bonchev–Trinajstić information content (AvgIpc) is 2.27. The van der Waals surface area contributed by atoms with Gasteiger partial charge in [-0.25, -0.2) is 8.42 Å². The summed E-state index contributed by atoms with van der Waals surface area (Å²) in [5.41, 5.74) is 1.88. The van der Waals surface area contributed by atoms with Crippen LogP contribution in [0, 0.1) is 11.3 Å². The lowest BCUT2D eigenvalue weighted by Gasteiger charge is -2.16. The molecule has 1 heterocycles. The fourth-order valence-corrected chi connectivity index (χ4v) is 3.47. The Hall–Kier alpha value is -1.60. The predicted molar refractivity (Wildman–Crippen MR) is 61.5 cm³/mol. The number of allylic oxidation sites excluding steroid dienone is 1. The standard InChI is InChI=1S/C12H11NO2S/c1-9(8-13)10-4-5-12-11(7-10)3-2-6-16(12,14)15/h4-5,7H,1-3,6H2. The van der Waals surface area contributed by atoms with Crippen LogP contribution in [-0.2, 0) is 16.3 Å². The molecule has 0 radical (unpaired) electrons. The first-order chi connectivity index (χ1) is 7.54. The Labute approximate surface area is 94.9 Å². The summed E-state index contributed by atoms with van der Waals surface area (Å²) in [6, 6.07) is 6.96. The van der Waals surface area contributed by atoms with E-state index in [2.05, 4.69) is 6.58 Å². The third kappa shape index (κ3) is 1.74. The number of sulfone groups is 1. The van der Waals surface area contributed by atoms with E-state index in [4.69, 9.17) is 5.26 Å². The molecule has 0 bridgehead atoms. The number of rotatable bonds is 1. The van der Waals surface area contributed by atoms with Gasteiger partial charge in [0.2, 0.25) is 0 Å². The van der Waals surface area contributed by atoms with Gasteiger partial charge in [0.15, 0.2) is 9.84 Å². The Morgan fingerprint density at radius 2 is 2.19 bits per heavy atom. The summed E-state index contributed by atoms with van der Waals surface area (Å²) in [5, 5.41) is 8.73. The lowest BCUT2D eigenvalue weighted by Crippen LogP contribution is -2.16. The van der Waals surface area contributed by atoms with E-state index in [1.807, 2.05) is 6.07 Å². The van der Waals surface area contributed by atoms with Crippen LogP contribution in [0.25, 0.3) is 5.57 Å². The Bertz CT molecular complexity index is 594. The van der Waals surface area contributed by atoms with E-state index in [-0.39, 0.29) is 5.75 Å². The third-order valence-corrected chi connectivity index (χ3v) is 4.63. The fourth-order valence-electron chi connectivity index (χ4n) is 1.89. The largest absolute Gasteiger partial charge is 0.224 e. The highest BCUT2D eigenvalue weighted by molar-refractivity contribution is 7.91. The first-order valence-electron chi connectivity index (χ1n) is 4.99. The van der Waals surface area contributed by atoms with Crippen molar-refractivity contribution in [2.24, 2.45) is 0 Å². The summed E-state index contributed by atoms with van der Waals surface area (Å²) in [5.74, 6) is 0.221. The molecule has 2 rings (SSSR count). The van der Waals surface area contributed by atoms with Crippen molar-refractivity contribution in [2.75, 3.05) is 5.75 Å². The van der Waals surface area contributed by atoms with Gasteiger partial charge < -0.3 is 0 Å². The normalized spacial score (nSPS) is 17.2. The number of nitrogens with zero attached hydrogens (tertiary/aromatic N) is 1. The van der Waals surface area contributed by atoms with Crippen LogP contribution in [0.5, 0.6) is 0 Å². The van der Waals surface area contributed by atoms with Gasteiger partial charge in [0.05, 0.1) is 22.3 Å². The molecule has 0 amide bonds. The van der Waals surface area contributed by atoms with Crippen LogP contribution in [0.1, 0.15) is 17.5 Å². The first kappa shape index (κ1) is 10.9. The Balaban J connectivity index is 2.57. The SMILES string of the molecule is C=C(C#N)c1ccc2c(c1)CCCS2(=O)=O. The van der Waals surface area contributed by atoms with Gasteiger partial charge in [-0.2, -0.15) is 5.26 Å². The van der Waals surface area contributed by atoms with E-state index in [0.717, 1.165) is 12.0 Å². The Morgan fingerprint density at radius 3 is 2.88 bits per heavy atom. The molecule has 0 atom stereocenters. The summed E-state index contributed by atoms with van der Waals surface area (Å²) in [6.45, 7) is 3.62. The van der Waals surface area contributed by atoms with E-state index < -0.39 is 9.84 Å². The molecule has 0 unspecified atom stereocenters. The molecule has 1 aromatic rings. The number of aryl methyl sites for hydroxylation is 1. The molecule has 1 aliphatic heterocycles. The third-order valence-electron chi connectivity index (χ3n) is 2.74. The van der Waals surface area contributed by atoms with Crippen molar-refractivity contribution >= 4 is 15.4 Å². The topological polar surface area (TPSA) is 57.9 Å². The smallest absolute Gasteiger partial charge is 0.178 e. The average molecular weight is 233 g/mol. The molecule has 0 fully saturated rings. The van der Waals surface area contributed by atoms with Gasteiger partial charge in [0, 0.05) is 0 Å². The highest BCUT2D eigenvalue weighted by atomic mass is 32.2. The maximum atomic E-state index is 11.7. The zero-order valence-electron chi connectivity index (χ0n) is 8.73. The molecule has 0 aliphatic carbocycles. The van der Waals surface area contributed by atoms with Gasteiger partial charge in [-0.3, -0.25) is 0 Å².